The summed E-state index contributed by atoms with van der Waals surface area (Å²) in [6.07, 6.45) is 0.361. The van der Waals surface area contributed by atoms with Crippen molar-refractivity contribution in [1.82, 2.24) is 0 Å². The fraction of sp³-hybridized carbons (Fsp3) is 0.250. The van der Waals surface area contributed by atoms with Crippen molar-refractivity contribution in [2.45, 2.75) is 11.8 Å². The molecular formula is C16H15BrCl2O2. The van der Waals surface area contributed by atoms with Gasteiger partial charge in [-0.2, -0.15) is 0 Å². The normalized spacial score (nSPS) is 11.7. The van der Waals surface area contributed by atoms with E-state index >= 15 is 0 Å². The van der Waals surface area contributed by atoms with Crippen LogP contribution in [0.15, 0.2) is 46.9 Å². The van der Waals surface area contributed by atoms with Crippen LogP contribution in [0.2, 0.25) is 10.0 Å². The Kier molecular flexibility index (Phi) is 5.69. The Hall–Kier alpha value is -0.580. The summed E-state index contributed by atoms with van der Waals surface area (Å²) in [7, 11) is 0. The van der Waals surface area contributed by atoms with E-state index in [1.54, 1.807) is 18.2 Å². The van der Waals surface area contributed by atoms with Crippen molar-refractivity contribution in [3.8, 4) is 0 Å². The summed E-state index contributed by atoms with van der Waals surface area (Å²) >= 11 is 15.8. The van der Waals surface area contributed by atoms with Crippen molar-refractivity contribution in [2.24, 2.45) is 0 Å². The molecule has 0 aliphatic rings. The molecule has 2 aromatic carbocycles. The van der Waals surface area contributed by atoms with Crippen LogP contribution in [0.25, 0.3) is 0 Å². The Morgan fingerprint density at radius 3 is 1.90 bits per heavy atom. The summed E-state index contributed by atoms with van der Waals surface area (Å²) in [5.74, 6) is 0. The van der Waals surface area contributed by atoms with Gasteiger partial charge in [-0.15, -0.1) is 0 Å². The molecule has 0 atom stereocenters. The molecule has 0 heterocycles. The lowest BCUT2D eigenvalue weighted by atomic mass is 9.77. The van der Waals surface area contributed by atoms with Crippen LogP contribution in [-0.4, -0.2) is 23.4 Å². The maximum atomic E-state index is 9.88. The number of halogens is 3. The molecule has 0 unspecified atom stereocenters. The highest BCUT2D eigenvalue weighted by molar-refractivity contribution is 9.10. The minimum atomic E-state index is -0.824. The van der Waals surface area contributed by atoms with Gasteiger partial charge in [-0.1, -0.05) is 57.3 Å². The zero-order valence-corrected chi connectivity index (χ0v) is 14.3. The molecule has 0 amide bonds. The Balaban J connectivity index is 2.45. The van der Waals surface area contributed by atoms with E-state index in [0.717, 1.165) is 15.6 Å². The largest absolute Gasteiger partial charge is 0.395 e. The van der Waals surface area contributed by atoms with E-state index in [1.807, 2.05) is 24.3 Å². The third-order valence-electron chi connectivity index (χ3n) is 3.64. The smallest absolute Gasteiger partial charge is 0.0553 e. The van der Waals surface area contributed by atoms with Gasteiger partial charge in [-0.3, -0.25) is 0 Å². The lowest BCUT2D eigenvalue weighted by Crippen LogP contribution is -2.37. The van der Waals surface area contributed by atoms with Crippen molar-refractivity contribution < 1.29 is 10.2 Å². The van der Waals surface area contributed by atoms with Gasteiger partial charge in [-0.25, -0.2) is 0 Å². The van der Waals surface area contributed by atoms with Crippen LogP contribution in [-0.2, 0) is 11.8 Å². The second kappa shape index (κ2) is 7.12. The fourth-order valence-electron chi connectivity index (χ4n) is 2.29. The molecule has 0 aliphatic carbocycles. The highest BCUT2D eigenvalue weighted by atomic mass is 79.9. The lowest BCUT2D eigenvalue weighted by Gasteiger charge is -2.31. The summed E-state index contributed by atoms with van der Waals surface area (Å²) in [6.45, 7) is -0.403. The van der Waals surface area contributed by atoms with Crippen LogP contribution >= 0.6 is 39.1 Å². The topological polar surface area (TPSA) is 40.5 Å². The van der Waals surface area contributed by atoms with Gasteiger partial charge in [0.15, 0.2) is 0 Å². The zero-order chi connectivity index (χ0) is 15.5. The van der Waals surface area contributed by atoms with Crippen molar-refractivity contribution in [3.05, 3.63) is 68.1 Å². The third-order valence-corrected chi connectivity index (χ3v) is 4.88. The van der Waals surface area contributed by atoms with Crippen molar-refractivity contribution in [1.29, 1.82) is 0 Å². The van der Waals surface area contributed by atoms with E-state index < -0.39 is 5.41 Å². The molecule has 0 spiro atoms. The molecule has 2 aromatic rings. The van der Waals surface area contributed by atoms with Crippen LogP contribution in [0, 0.1) is 0 Å². The molecule has 0 radical (unpaired) electrons. The SMILES string of the molecule is OCC(CO)(Cc1c(Cl)cccc1Cl)c1ccc(Br)cc1. The maximum Gasteiger partial charge on any atom is 0.0553 e. The molecule has 0 saturated heterocycles. The van der Waals surface area contributed by atoms with E-state index in [9.17, 15) is 10.2 Å². The molecule has 0 aromatic heterocycles. The van der Waals surface area contributed by atoms with Crippen LogP contribution in [0.1, 0.15) is 11.1 Å². The molecule has 2 nitrogen and oxygen atoms in total. The molecule has 5 heteroatoms. The summed E-state index contributed by atoms with van der Waals surface area (Å²) in [5, 5.41) is 20.8. The molecule has 0 bridgehead atoms. The number of aliphatic hydroxyl groups is 2. The highest BCUT2D eigenvalue weighted by Crippen LogP contribution is 2.34. The van der Waals surface area contributed by atoms with Crippen LogP contribution in [0.5, 0.6) is 0 Å². The third kappa shape index (κ3) is 3.61. The van der Waals surface area contributed by atoms with Gasteiger partial charge in [0.05, 0.1) is 13.2 Å². The van der Waals surface area contributed by atoms with Gasteiger partial charge in [0, 0.05) is 19.9 Å². The van der Waals surface area contributed by atoms with Gasteiger partial charge in [-0.05, 0) is 41.8 Å². The molecule has 2 N–H and O–H groups in total. The summed E-state index contributed by atoms with van der Waals surface area (Å²) in [5.41, 5.74) is 0.744. The van der Waals surface area contributed by atoms with Crippen molar-refractivity contribution in [3.63, 3.8) is 0 Å². The lowest BCUT2D eigenvalue weighted by molar-refractivity contribution is 0.116. The maximum absolute atomic E-state index is 9.88. The van der Waals surface area contributed by atoms with Gasteiger partial charge in [0.1, 0.15) is 0 Å². The molecular weight excluding hydrogens is 375 g/mol. The first-order valence-electron chi connectivity index (χ1n) is 6.43. The van der Waals surface area contributed by atoms with Crippen molar-refractivity contribution >= 4 is 39.1 Å². The predicted molar refractivity (Wildman–Crippen MR) is 90.2 cm³/mol. The Morgan fingerprint density at radius 2 is 1.43 bits per heavy atom. The standard InChI is InChI=1S/C16H15BrCl2O2/c17-12-6-4-11(5-7-12)16(9-20,10-21)8-13-14(18)2-1-3-15(13)19/h1-7,20-21H,8-10H2. The first kappa shape index (κ1) is 16.8. The summed E-state index contributed by atoms with van der Waals surface area (Å²) in [4.78, 5) is 0. The van der Waals surface area contributed by atoms with Crippen molar-refractivity contribution in [2.75, 3.05) is 13.2 Å². The second-order valence-corrected chi connectivity index (χ2v) is 6.71. The first-order chi connectivity index (χ1) is 10.0. The number of hydrogen-bond acceptors (Lipinski definition) is 2. The molecule has 21 heavy (non-hydrogen) atoms. The van der Waals surface area contributed by atoms with E-state index in [2.05, 4.69) is 15.9 Å². The highest BCUT2D eigenvalue weighted by Gasteiger charge is 2.32. The second-order valence-electron chi connectivity index (χ2n) is 4.98. The minimum absolute atomic E-state index is 0.202. The monoisotopic (exact) mass is 388 g/mol. The first-order valence-corrected chi connectivity index (χ1v) is 7.98. The Bertz CT molecular complexity index is 590. The number of aliphatic hydroxyl groups excluding tert-OH is 2. The van der Waals surface area contributed by atoms with Gasteiger partial charge >= 0.3 is 0 Å². The molecule has 0 saturated carbocycles. The van der Waals surface area contributed by atoms with Gasteiger partial charge in [0.2, 0.25) is 0 Å². The fourth-order valence-corrected chi connectivity index (χ4v) is 3.08. The number of hydrogen-bond donors (Lipinski definition) is 2. The minimum Gasteiger partial charge on any atom is -0.395 e. The molecule has 0 fully saturated rings. The predicted octanol–water partition coefficient (Wildman–Crippen LogP) is 4.22. The van der Waals surface area contributed by atoms with E-state index in [-0.39, 0.29) is 13.2 Å². The van der Waals surface area contributed by atoms with E-state index in [0.29, 0.717) is 16.5 Å². The van der Waals surface area contributed by atoms with E-state index in [4.69, 9.17) is 23.2 Å². The Morgan fingerprint density at radius 1 is 0.905 bits per heavy atom. The quantitative estimate of drug-likeness (QED) is 0.803. The molecule has 112 valence electrons. The average Bonchev–Trinajstić information content (AvgIpc) is 2.49. The molecule has 2 rings (SSSR count). The van der Waals surface area contributed by atoms with Crippen LogP contribution < -0.4 is 0 Å². The number of rotatable bonds is 5. The van der Waals surface area contributed by atoms with Gasteiger partial charge in [0.25, 0.3) is 0 Å². The molecule has 0 aliphatic heterocycles. The summed E-state index contributed by atoms with van der Waals surface area (Å²) in [6, 6.07) is 12.8. The average molecular weight is 390 g/mol. The summed E-state index contributed by atoms with van der Waals surface area (Å²) < 4.78 is 0.937. The van der Waals surface area contributed by atoms with Crippen LogP contribution in [0.3, 0.4) is 0 Å². The van der Waals surface area contributed by atoms with Gasteiger partial charge < -0.3 is 10.2 Å². The Labute approximate surface area is 142 Å². The number of benzene rings is 2. The zero-order valence-electron chi connectivity index (χ0n) is 11.2. The van der Waals surface area contributed by atoms with Crippen LogP contribution in [0.4, 0.5) is 0 Å². The van der Waals surface area contributed by atoms with E-state index in [1.165, 1.54) is 0 Å².